The highest BCUT2D eigenvalue weighted by Gasteiger charge is 2.35. The first-order chi connectivity index (χ1) is 22.1. The molecule has 0 spiro atoms. The van der Waals surface area contributed by atoms with Gasteiger partial charge in [-0.15, -0.1) is 0 Å². The van der Waals surface area contributed by atoms with Gasteiger partial charge in [0, 0.05) is 10.0 Å². The minimum atomic E-state index is -0.802. The Hall–Kier alpha value is -3.86. The van der Waals surface area contributed by atoms with Gasteiger partial charge in [-0.25, -0.2) is 9.79 Å². The van der Waals surface area contributed by atoms with E-state index in [0.717, 1.165) is 10.0 Å². The number of ether oxygens (including phenoxy) is 4. The number of hydrogen-bond donors (Lipinski definition) is 0. The third kappa shape index (κ3) is 7.24. The van der Waals surface area contributed by atoms with E-state index in [-0.39, 0.29) is 23.8 Å². The summed E-state index contributed by atoms with van der Waals surface area (Å²) in [7, 11) is 0. The van der Waals surface area contributed by atoms with E-state index in [1.54, 1.807) is 36.6 Å². The number of benzene rings is 3. The molecule has 1 atom stereocenters. The molecule has 11 heteroatoms. The van der Waals surface area contributed by atoms with Crippen molar-refractivity contribution in [1.29, 1.82) is 0 Å². The lowest BCUT2D eigenvalue weighted by molar-refractivity contribution is -0.139. The Labute approximate surface area is 284 Å². The number of rotatable bonds is 11. The molecule has 2 heterocycles. The van der Waals surface area contributed by atoms with Gasteiger partial charge in [0.05, 0.1) is 40.1 Å². The van der Waals surface area contributed by atoms with Gasteiger partial charge in [-0.2, -0.15) is 0 Å². The molecule has 0 saturated heterocycles. The molecule has 1 aromatic heterocycles. The van der Waals surface area contributed by atoms with Crippen LogP contribution in [0.5, 0.6) is 17.2 Å². The van der Waals surface area contributed by atoms with E-state index in [0.29, 0.717) is 61.6 Å². The molecule has 3 aromatic carbocycles. The molecule has 0 bridgehead atoms. The number of halogens is 2. The summed E-state index contributed by atoms with van der Waals surface area (Å²) < 4.78 is 26.5. The van der Waals surface area contributed by atoms with Gasteiger partial charge in [0.25, 0.3) is 5.56 Å². The second-order valence-corrected chi connectivity index (χ2v) is 13.0. The molecule has 0 amide bonds. The number of para-hydroxylation sites is 1. The second kappa shape index (κ2) is 14.7. The molecule has 0 N–H and O–H groups in total. The fourth-order valence-electron chi connectivity index (χ4n) is 5.12. The molecule has 0 aliphatic carbocycles. The van der Waals surface area contributed by atoms with Crippen molar-refractivity contribution in [1.82, 2.24) is 4.57 Å². The fraction of sp³-hybridized carbons (Fsp3) is 0.286. The van der Waals surface area contributed by atoms with E-state index < -0.39 is 12.0 Å². The first kappa shape index (κ1) is 33.5. The maximum Gasteiger partial charge on any atom is 0.338 e. The van der Waals surface area contributed by atoms with Crippen LogP contribution in [0.4, 0.5) is 0 Å². The largest absolute Gasteiger partial charge is 0.491 e. The number of hydrogen-bond acceptors (Lipinski definition) is 8. The Bertz CT molecular complexity index is 1970. The van der Waals surface area contributed by atoms with Crippen LogP contribution < -0.4 is 29.1 Å². The highest BCUT2D eigenvalue weighted by atomic mass is 79.9. The number of carbonyl (C=O) groups is 1. The molecule has 0 fully saturated rings. The molecule has 1 aliphatic heterocycles. The summed E-state index contributed by atoms with van der Waals surface area (Å²) in [4.78, 5) is 32.7. The van der Waals surface area contributed by atoms with Crippen LogP contribution in [-0.4, -0.2) is 29.9 Å². The van der Waals surface area contributed by atoms with E-state index in [1.807, 2.05) is 69.3 Å². The van der Waals surface area contributed by atoms with Crippen LogP contribution in [-0.2, 0) is 16.1 Å². The Morgan fingerprint density at radius 2 is 1.80 bits per heavy atom. The molecule has 5 rings (SSSR count). The van der Waals surface area contributed by atoms with E-state index >= 15 is 0 Å². The minimum absolute atomic E-state index is 0.126. The predicted molar refractivity (Wildman–Crippen MR) is 184 cm³/mol. The van der Waals surface area contributed by atoms with Gasteiger partial charge >= 0.3 is 5.97 Å². The fourth-order valence-corrected chi connectivity index (χ4v) is 6.70. The standard InChI is InChI=1S/C35H34BrClN2O6S/c1-6-42-28-17-23(16-26(37)32(28)44-19-22-12-14-24(36)15-13-22)18-29-33(40)39-31(25-10-8-9-11-27(25)45-20(3)4)30(34(41)43-7-2)21(5)38-35(39)46-29/h8-18,20,31H,6-7,19H2,1-5H3/b29-18+/t31-/m1/s1. The molecular weight excluding hydrogens is 692 g/mol. The number of aromatic nitrogens is 1. The molecule has 0 radical (unpaired) electrons. The Morgan fingerprint density at radius 3 is 2.50 bits per heavy atom. The van der Waals surface area contributed by atoms with Gasteiger partial charge in [0.15, 0.2) is 16.3 Å². The van der Waals surface area contributed by atoms with Gasteiger partial charge in [-0.1, -0.05) is 69.2 Å². The van der Waals surface area contributed by atoms with Crippen LogP contribution >= 0.6 is 38.9 Å². The van der Waals surface area contributed by atoms with Crippen molar-refractivity contribution in [2.75, 3.05) is 13.2 Å². The summed E-state index contributed by atoms with van der Waals surface area (Å²) in [6, 6.07) is 17.9. The highest BCUT2D eigenvalue weighted by Crippen LogP contribution is 2.38. The quantitative estimate of drug-likeness (QED) is 0.155. The zero-order valence-corrected chi connectivity index (χ0v) is 29.3. The van der Waals surface area contributed by atoms with Crippen LogP contribution in [0.25, 0.3) is 6.08 Å². The Morgan fingerprint density at radius 1 is 1.07 bits per heavy atom. The zero-order chi connectivity index (χ0) is 33.0. The molecule has 1 aliphatic rings. The van der Waals surface area contributed by atoms with Crippen molar-refractivity contribution >= 4 is 50.9 Å². The number of thiazole rings is 1. The molecule has 240 valence electrons. The second-order valence-electron chi connectivity index (χ2n) is 10.7. The monoisotopic (exact) mass is 724 g/mol. The van der Waals surface area contributed by atoms with Crippen molar-refractivity contribution in [2.24, 2.45) is 4.99 Å². The van der Waals surface area contributed by atoms with Crippen molar-refractivity contribution < 1.29 is 23.7 Å². The summed E-state index contributed by atoms with van der Waals surface area (Å²) in [6.07, 6.45) is 1.62. The Balaban J connectivity index is 1.61. The van der Waals surface area contributed by atoms with E-state index in [1.165, 1.54) is 11.3 Å². The molecular formula is C35H34BrClN2O6S. The third-order valence-corrected chi connectivity index (χ3v) is 8.81. The minimum Gasteiger partial charge on any atom is -0.491 e. The first-order valence-electron chi connectivity index (χ1n) is 14.9. The van der Waals surface area contributed by atoms with Gasteiger partial charge in [-0.3, -0.25) is 9.36 Å². The topological polar surface area (TPSA) is 88.4 Å². The lowest BCUT2D eigenvalue weighted by Crippen LogP contribution is -2.40. The van der Waals surface area contributed by atoms with Crippen molar-refractivity contribution in [2.45, 2.75) is 53.4 Å². The summed E-state index contributed by atoms with van der Waals surface area (Å²) in [6.45, 7) is 10.1. The van der Waals surface area contributed by atoms with Crippen LogP contribution in [0.3, 0.4) is 0 Å². The van der Waals surface area contributed by atoms with Crippen molar-refractivity contribution in [3.8, 4) is 17.2 Å². The Kier molecular flexibility index (Phi) is 10.7. The maximum absolute atomic E-state index is 14.2. The highest BCUT2D eigenvalue weighted by molar-refractivity contribution is 9.10. The van der Waals surface area contributed by atoms with Crippen molar-refractivity contribution in [3.05, 3.63) is 118 Å². The molecule has 4 aromatic rings. The van der Waals surface area contributed by atoms with Crippen LogP contribution in [0.2, 0.25) is 5.02 Å². The lowest BCUT2D eigenvalue weighted by atomic mass is 9.95. The van der Waals surface area contributed by atoms with Crippen LogP contribution in [0, 0.1) is 0 Å². The average molecular weight is 726 g/mol. The normalized spacial score (nSPS) is 14.6. The van der Waals surface area contributed by atoms with Gasteiger partial charge in [-0.05, 0) is 82.2 Å². The number of carbonyl (C=O) groups excluding carboxylic acids is 1. The molecule has 8 nitrogen and oxygen atoms in total. The lowest BCUT2D eigenvalue weighted by Gasteiger charge is -2.26. The molecule has 46 heavy (non-hydrogen) atoms. The average Bonchev–Trinajstić information content (AvgIpc) is 3.31. The van der Waals surface area contributed by atoms with Crippen molar-refractivity contribution in [3.63, 3.8) is 0 Å². The number of esters is 1. The molecule has 0 saturated carbocycles. The first-order valence-corrected chi connectivity index (χ1v) is 16.9. The number of nitrogens with zero attached hydrogens (tertiary/aromatic N) is 2. The maximum atomic E-state index is 14.2. The van der Waals surface area contributed by atoms with Gasteiger partial charge in [0.1, 0.15) is 18.4 Å². The summed E-state index contributed by atoms with van der Waals surface area (Å²) in [5, 5.41) is 0.347. The molecule has 0 unspecified atom stereocenters. The SMILES string of the molecule is CCOC(=O)C1=C(C)N=c2s/c(=C/c3cc(Cl)c(OCc4ccc(Br)cc4)c(OCC)c3)c(=O)n2[C@@H]1c1ccccc1OC(C)C. The predicted octanol–water partition coefficient (Wildman–Crippen LogP) is 6.98. The van der Waals surface area contributed by atoms with Gasteiger partial charge in [0.2, 0.25) is 0 Å². The third-order valence-electron chi connectivity index (χ3n) is 7.02. The van der Waals surface area contributed by atoms with Crippen LogP contribution in [0.1, 0.15) is 57.4 Å². The summed E-state index contributed by atoms with van der Waals surface area (Å²) in [5.41, 5.74) is 2.73. The zero-order valence-electron chi connectivity index (χ0n) is 26.1. The summed E-state index contributed by atoms with van der Waals surface area (Å²) >= 11 is 11.4. The van der Waals surface area contributed by atoms with Crippen LogP contribution in [0.15, 0.2) is 86.2 Å². The summed E-state index contributed by atoms with van der Waals surface area (Å²) in [5.74, 6) is 0.917. The number of fused-ring (bicyclic) bond motifs is 1. The number of allylic oxidation sites excluding steroid dienone is 1. The van der Waals surface area contributed by atoms with E-state index in [4.69, 9.17) is 30.5 Å². The van der Waals surface area contributed by atoms with E-state index in [2.05, 4.69) is 20.9 Å². The van der Waals surface area contributed by atoms with Gasteiger partial charge < -0.3 is 18.9 Å². The van der Waals surface area contributed by atoms with E-state index in [9.17, 15) is 9.59 Å². The smallest absolute Gasteiger partial charge is 0.338 e.